The van der Waals surface area contributed by atoms with Gasteiger partial charge >= 0.3 is 6.03 Å². The summed E-state index contributed by atoms with van der Waals surface area (Å²) in [5, 5.41) is 3.13. The van der Waals surface area contributed by atoms with Gasteiger partial charge in [0.15, 0.2) is 0 Å². The molecule has 0 unspecified atom stereocenters. The second-order valence-electron chi connectivity index (χ2n) is 6.54. The SMILES string of the molecule is CCSc1ccc([C@H](C)NC(=O)N2CC[C@H](CN(C)C)C2)cc1. The van der Waals surface area contributed by atoms with Crippen LogP contribution in [0.3, 0.4) is 0 Å². The standard InChI is InChI=1S/C18H29N3OS/c1-5-23-17-8-6-16(7-9-17)14(2)19-18(22)21-11-10-15(13-21)12-20(3)4/h6-9,14-15H,5,10-13H2,1-4H3,(H,19,22)/t14-,15+/m0/s1. The van der Waals surface area contributed by atoms with Crippen molar-refractivity contribution in [1.29, 1.82) is 0 Å². The number of urea groups is 1. The number of benzene rings is 1. The maximum absolute atomic E-state index is 12.4. The largest absolute Gasteiger partial charge is 0.331 e. The molecule has 0 spiro atoms. The lowest BCUT2D eigenvalue weighted by molar-refractivity contribution is 0.202. The van der Waals surface area contributed by atoms with Crippen molar-refractivity contribution < 1.29 is 4.79 Å². The third-order valence-corrected chi connectivity index (χ3v) is 5.12. The molecule has 2 atom stereocenters. The number of rotatable bonds is 6. The maximum Gasteiger partial charge on any atom is 0.317 e. The molecule has 1 heterocycles. The summed E-state index contributed by atoms with van der Waals surface area (Å²) in [6.07, 6.45) is 1.10. The Kier molecular flexibility index (Phi) is 6.78. The third kappa shape index (κ3) is 5.43. The summed E-state index contributed by atoms with van der Waals surface area (Å²) in [7, 11) is 4.18. The molecule has 1 N–H and O–H groups in total. The van der Waals surface area contributed by atoms with Gasteiger partial charge in [0.25, 0.3) is 0 Å². The van der Waals surface area contributed by atoms with Gasteiger partial charge in [0.2, 0.25) is 0 Å². The summed E-state index contributed by atoms with van der Waals surface area (Å²) < 4.78 is 0. The number of likely N-dealkylation sites (tertiary alicyclic amines) is 1. The molecule has 128 valence electrons. The Labute approximate surface area is 144 Å². The third-order valence-electron chi connectivity index (χ3n) is 4.23. The van der Waals surface area contributed by atoms with Crippen LogP contribution in [0.4, 0.5) is 4.79 Å². The molecule has 0 aliphatic carbocycles. The first-order valence-electron chi connectivity index (χ1n) is 8.42. The van der Waals surface area contributed by atoms with Crippen LogP contribution >= 0.6 is 11.8 Å². The van der Waals surface area contributed by atoms with Crippen LogP contribution in [-0.4, -0.2) is 55.3 Å². The minimum absolute atomic E-state index is 0.0380. The van der Waals surface area contributed by atoms with Crippen LogP contribution in [0.15, 0.2) is 29.2 Å². The molecule has 2 amide bonds. The van der Waals surface area contributed by atoms with Gasteiger partial charge in [-0.05, 0) is 56.8 Å². The quantitative estimate of drug-likeness (QED) is 0.809. The van der Waals surface area contributed by atoms with E-state index in [1.54, 1.807) is 0 Å². The van der Waals surface area contributed by atoms with Gasteiger partial charge in [-0.3, -0.25) is 0 Å². The molecule has 23 heavy (non-hydrogen) atoms. The van der Waals surface area contributed by atoms with Crippen LogP contribution in [0.5, 0.6) is 0 Å². The van der Waals surface area contributed by atoms with Crippen LogP contribution in [0.1, 0.15) is 31.9 Å². The number of carbonyl (C=O) groups excluding carboxylic acids is 1. The molecule has 1 aromatic rings. The summed E-state index contributed by atoms with van der Waals surface area (Å²) in [5.74, 6) is 1.67. The van der Waals surface area contributed by atoms with Gasteiger partial charge in [0.1, 0.15) is 0 Å². The number of carbonyl (C=O) groups is 1. The van der Waals surface area contributed by atoms with Crippen LogP contribution in [0, 0.1) is 5.92 Å². The van der Waals surface area contributed by atoms with Crippen molar-refractivity contribution in [2.24, 2.45) is 5.92 Å². The van der Waals surface area contributed by atoms with E-state index in [-0.39, 0.29) is 12.1 Å². The predicted octanol–water partition coefficient (Wildman–Crippen LogP) is 3.45. The molecule has 4 nitrogen and oxygen atoms in total. The monoisotopic (exact) mass is 335 g/mol. The van der Waals surface area contributed by atoms with Crippen molar-refractivity contribution >= 4 is 17.8 Å². The first-order chi connectivity index (χ1) is 11.0. The zero-order valence-corrected chi connectivity index (χ0v) is 15.5. The molecule has 0 aromatic heterocycles. The first-order valence-corrected chi connectivity index (χ1v) is 9.41. The van der Waals surface area contributed by atoms with Crippen LogP contribution < -0.4 is 5.32 Å². The van der Waals surface area contributed by atoms with Gasteiger partial charge < -0.3 is 15.1 Å². The fourth-order valence-corrected chi connectivity index (χ4v) is 3.72. The Balaban J connectivity index is 1.85. The summed E-state index contributed by atoms with van der Waals surface area (Å²) in [6, 6.07) is 8.59. The van der Waals surface area contributed by atoms with Gasteiger partial charge in [-0.1, -0.05) is 19.1 Å². The highest BCUT2D eigenvalue weighted by molar-refractivity contribution is 7.99. The molecule has 0 bridgehead atoms. The summed E-state index contributed by atoms with van der Waals surface area (Å²) in [4.78, 5) is 17.9. The minimum Gasteiger partial charge on any atom is -0.331 e. The average Bonchev–Trinajstić information content (AvgIpc) is 2.96. The normalized spacial score (nSPS) is 19.2. The minimum atomic E-state index is 0.0380. The first kappa shape index (κ1) is 18.1. The number of nitrogens with zero attached hydrogens (tertiary/aromatic N) is 2. The highest BCUT2D eigenvalue weighted by Crippen LogP contribution is 2.22. The molecule has 1 aliphatic rings. The number of thioether (sulfide) groups is 1. The van der Waals surface area contributed by atoms with E-state index in [9.17, 15) is 4.79 Å². The highest BCUT2D eigenvalue weighted by Gasteiger charge is 2.27. The smallest absolute Gasteiger partial charge is 0.317 e. The molecule has 5 heteroatoms. The van der Waals surface area contributed by atoms with Crippen LogP contribution in [-0.2, 0) is 0 Å². The van der Waals surface area contributed by atoms with E-state index in [0.29, 0.717) is 5.92 Å². The van der Waals surface area contributed by atoms with Crippen molar-refractivity contribution in [3.05, 3.63) is 29.8 Å². The van der Waals surface area contributed by atoms with E-state index in [1.165, 1.54) is 4.90 Å². The lowest BCUT2D eigenvalue weighted by atomic mass is 10.1. The van der Waals surface area contributed by atoms with Crippen molar-refractivity contribution in [3.8, 4) is 0 Å². The van der Waals surface area contributed by atoms with E-state index < -0.39 is 0 Å². The topological polar surface area (TPSA) is 35.6 Å². The zero-order valence-electron chi connectivity index (χ0n) is 14.7. The Morgan fingerprint density at radius 1 is 1.39 bits per heavy atom. The van der Waals surface area contributed by atoms with Crippen molar-refractivity contribution in [2.75, 3.05) is 39.5 Å². The molecule has 1 aromatic carbocycles. The molecular formula is C18H29N3OS. The molecular weight excluding hydrogens is 306 g/mol. The van der Waals surface area contributed by atoms with Crippen LogP contribution in [0.25, 0.3) is 0 Å². The van der Waals surface area contributed by atoms with Gasteiger partial charge in [-0.25, -0.2) is 4.79 Å². The predicted molar refractivity (Wildman–Crippen MR) is 98.0 cm³/mol. The van der Waals surface area contributed by atoms with Crippen LogP contribution in [0.2, 0.25) is 0 Å². The van der Waals surface area contributed by atoms with E-state index in [1.807, 2.05) is 23.6 Å². The van der Waals surface area contributed by atoms with Gasteiger partial charge in [-0.2, -0.15) is 0 Å². The second kappa shape index (κ2) is 8.60. The number of hydrogen-bond donors (Lipinski definition) is 1. The zero-order chi connectivity index (χ0) is 16.8. The van der Waals surface area contributed by atoms with Crippen molar-refractivity contribution in [3.63, 3.8) is 0 Å². The molecule has 1 aliphatic heterocycles. The Morgan fingerprint density at radius 3 is 2.70 bits per heavy atom. The molecule has 2 rings (SSSR count). The molecule has 1 fully saturated rings. The fourth-order valence-electron chi connectivity index (χ4n) is 3.06. The van der Waals surface area contributed by atoms with Gasteiger partial charge in [0, 0.05) is 24.5 Å². The van der Waals surface area contributed by atoms with E-state index >= 15 is 0 Å². The molecule has 0 saturated carbocycles. The Bertz CT molecular complexity index is 503. The van der Waals surface area contributed by atoms with Crippen molar-refractivity contribution in [2.45, 2.75) is 31.2 Å². The Hall–Kier alpha value is -1.20. The molecule has 0 radical (unpaired) electrons. The van der Waals surface area contributed by atoms with Gasteiger partial charge in [0.05, 0.1) is 6.04 Å². The Morgan fingerprint density at radius 2 is 2.09 bits per heavy atom. The lowest BCUT2D eigenvalue weighted by Crippen LogP contribution is -2.40. The lowest BCUT2D eigenvalue weighted by Gasteiger charge is -2.22. The number of amides is 2. The summed E-state index contributed by atoms with van der Waals surface area (Å²) in [5.41, 5.74) is 1.16. The van der Waals surface area contributed by atoms with Crippen molar-refractivity contribution in [1.82, 2.24) is 15.1 Å². The second-order valence-corrected chi connectivity index (χ2v) is 7.87. The summed E-state index contributed by atoms with van der Waals surface area (Å²) in [6.45, 7) is 6.98. The highest BCUT2D eigenvalue weighted by atomic mass is 32.2. The maximum atomic E-state index is 12.4. The molecule has 1 saturated heterocycles. The van der Waals surface area contributed by atoms with E-state index in [2.05, 4.69) is 55.5 Å². The number of nitrogens with one attached hydrogen (secondary N) is 1. The summed E-state index contributed by atoms with van der Waals surface area (Å²) >= 11 is 1.84. The average molecular weight is 336 g/mol. The van der Waals surface area contributed by atoms with E-state index in [0.717, 1.165) is 37.4 Å². The van der Waals surface area contributed by atoms with Gasteiger partial charge in [-0.15, -0.1) is 11.8 Å². The number of hydrogen-bond acceptors (Lipinski definition) is 3. The fraction of sp³-hybridized carbons (Fsp3) is 0.611. The van der Waals surface area contributed by atoms with E-state index in [4.69, 9.17) is 0 Å².